The van der Waals surface area contributed by atoms with E-state index < -0.39 is 0 Å². The van der Waals surface area contributed by atoms with Crippen LogP contribution in [0.2, 0.25) is 0 Å². The molecule has 4 nitrogen and oxygen atoms in total. The largest absolute Gasteiger partial charge is 0.375 e. The first-order chi connectivity index (χ1) is 8.59. The molecule has 2 heterocycles. The average molecular weight is 305 g/mol. The molecular formula is C13H21ClN2O2S. The van der Waals surface area contributed by atoms with Crippen LogP contribution >= 0.6 is 23.7 Å². The molecular weight excluding hydrogens is 284 g/mol. The third-order valence-corrected chi connectivity index (χ3v) is 4.32. The molecule has 1 aromatic rings. The number of amides is 1. The Morgan fingerprint density at radius 2 is 2.37 bits per heavy atom. The van der Waals surface area contributed by atoms with Gasteiger partial charge in [-0.3, -0.25) is 4.79 Å². The van der Waals surface area contributed by atoms with Gasteiger partial charge in [0, 0.05) is 18.5 Å². The zero-order valence-electron chi connectivity index (χ0n) is 11.5. The van der Waals surface area contributed by atoms with Gasteiger partial charge in [-0.15, -0.1) is 23.7 Å². The van der Waals surface area contributed by atoms with Crippen LogP contribution in [0.4, 0.5) is 0 Å². The number of nitrogens with zero attached hydrogens (tertiary/aromatic N) is 1. The summed E-state index contributed by atoms with van der Waals surface area (Å²) < 4.78 is 5.51. The number of thiophene rings is 1. The molecule has 1 aromatic heterocycles. The van der Waals surface area contributed by atoms with Crippen molar-refractivity contribution in [2.75, 3.05) is 20.2 Å². The monoisotopic (exact) mass is 304 g/mol. The number of nitrogens with one attached hydrogen (secondary N) is 1. The number of rotatable bonds is 3. The number of hydrogen-bond acceptors (Lipinski definition) is 4. The third kappa shape index (κ3) is 3.92. The molecule has 108 valence electrons. The minimum atomic E-state index is -0.219. The summed E-state index contributed by atoms with van der Waals surface area (Å²) in [6.07, 6.45) is -0.0573. The summed E-state index contributed by atoms with van der Waals surface area (Å²) >= 11 is 1.70. The second-order valence-corrected chi connectivity index (χ2v) is 5.73. The van der Waals surface area contributed by atoms with Crippen molar-refractivity contribution in [2.24, 2.45) is 0 Å². The van der Waals surface area contributed by atoms with Crippen LogP contribution in [0.15, 0.2) is 11.4 Å². The van der Waals surface area contributed by atoms with E-state index in [1.54, 1.807) is 16.2 Å². The summed E-state index contributed by atoms with van der Waals surface area (Å²) in [7, 11) is 1.85. The maximum Gasteiger partial charge on any atom is 0.242 e. The molecule has 1 aliphatic rings. The van der Waals surface area contributed by atoms with Crippen molar-refractivity contribution in [1.29, 1.82) is 0 Å². The highest BCUT2D eigenvalue weighted by Crippen LogP contribution is 2.18. The summed E-state index contributed by atoms with van der Waals surface area (Å²) in [4.78, 5) is 15.4. The van der Waals surface area contributed by atoms with E-state index >= 15 is 0 Å². The quantitative estimate of drug-likeness (QED) is 0.926. The maximum atomic E-state index is 12.3. The van der Waals surface area contributed by atoms with Gasteiger partial charge >= 0.3 is 0 Å². The van der Waals surface area contributed by atoms with Gasteiger partial charge in [0.25, 0.3) is 0 Å². The molecule has 0 saturated carbocycles. The van der Waals surface area contributed by atoms with Crippen molar-refractivity contribution >= 4 is 29.7 Å². The number of aryl methyl sites for hydroxylation is 1. The molecule has 6 heteroatoms. The van der Waals surface area contributed by atoms with E-state index in [4.69, 9.17) is 4.74 Å². The normalized spacial score (nSPS) is 22.7. The predicted octanol–water partition coefficient (Wildman–Crippen LogP) is 1.81. The first-order valence-corrected chi connectivity index (χ1v) is 7.10. The van der Waals surface area contributed by atoms with E-state index in [0.29, 0.717) is 13.2 Å². The lowest BCUT2D eigenvalue weighted by Gasteiger charge is -2.32. The van der Waals surface area contributed by atoms with Crippen LogP contribution in [0, 0.1) is 6.92 Å². The van der Waals surface area contributed by atoms with E-state index in [-0.39, 0.29) is 30.5 Å². The van der Waals surface area contributed by atoms with Gasteiger partial charge in [-0.2, -0.15) is 0 Å². The third-order valence-electron chi connectivity index (χ3n) is 3.31. The van der Waals surface area contributed by atoms with E-state index in [1.807, 2.05) is 14.0 Å². The van der Waals surface area contributed by atoms with Crippen LogP contribution in [0.25, 0.3) is 0 Å². The van der Waals surface area contributed by atoms with Gasteiger partial charge in [0.2, 0.25) is 5.91 Å². The lowest BCUT2D eigenvalue weighted by atomic mass is 10.1. The number of carbonyl (C=O) groups excluding carboxylic acids is 1. The summed E-state index contributed by atoms with van der Waals surface area (Å²) in [6, 6.07) is 1.87. The van der Waals surface area contributed by atoms with E-state index in [9.17, 15) is 4.79 Å². The summed E-state index contributed by atoms with van der Waals surface area (Å²) in [5.74, 6) is 0.106. The number of carbonyl (C=O) groups is 1. The van der Waals surface area contributed by atoms with Gasteiger partial charge in [0.15, 0.2) is 0 Å². The number of ether oxygens (including phenoxy) is 1. The molecule has 0 spiro atoms. The molecule has 1 amide bonds. The molecule has 2 atom stereocenters. The van der Waals surface area contributed by atoms with Gasteiger partial charge in [-0.1, -0.05) is 0 Å². The zero-order chi connectivity index (χ0) is 13.1. The summed E-state index contributed by atoms with van der Waals surface area (Å²) in [6.45, 7) is 6.12. The molecule has 1 fully saturated rings. The Kier molecular flexibility index (Phi) is 6.26. The Balaban J connectivity index is 0.00000180. The molecule has 1 saturated heterocycles. The first-order valence-electron chi connectivity index (χ1n) is 6.22. The van der Waals surface area contributed by atoms with E-state index in [0.717, 1.165) is 6.54 Å². The van der Waals surface area contributed by atoms with Crippen LogP contribution in [-0.2, 0) is 16.1 Å². The average Bonchev–Trinajstić information content (AvgIpc) is 2.75. The molecule has 0 aliphatic carbocycles. The second-order valence-electron chi connectivity index (χ2n) is 4.73. The Bertz CT molecular complexity index is 425. The van der Waals surface area contributed by atoms with Crippen molar-refractivity contribution < 1.29 is 9.53 Å². The second kappa shape index (κ2) is 7.24. The highest BCUT2D eigenvalue weighted by Gasteiger charge is 2.30. The molecule has 0 bridgehead atoms. The van der Waals surface area contributed by atoms with Crippen LogP contribution < -0.4 is 5.32 Å². The number of hydrogen-bond donors (Lipinski definition) is 1. The molecule has 0 unspecified atom stereocenters. The highest BCUT2D eigenvalue weighted by molar-refractivity contribution is 7.10. The fourth-order valence-electron chi connectivity index (χ4n) is 2.11. The molecule has 1 aliphatic heterocycles. The smallest absolute Gasteiger partial charge is 0.242 e. The lowest BCUT2D eigenvalue weighted by molar-refractivity contribution is -0.138. The Morgan fingerprint density at radius 1 is 1.63 bits per heavy atom. The Labute approximate surface area is 124 Å². The van der Waals surface area contributed by atoms with Crippen molar-refractivity contribution in [2.45, 2.75) is 32.5 Å². The topological polar surface area (TPSA) is 41.6 Å². The highest BCUT2D eigenvalue weighted by atomic mass is 35.5. The molecule has 19 heavy (non-hydrogen) atoms. The van der Waals surface area contributed by atoms with Gasteiger partial charge in [0.05, 0.1) is 19.3 Å². The molecule has 0 aromatic carbocycles. The van der Waals surface area contributed by atoms with Crippen LogP contribution in [0.3, 0.4) is 0 Å². The zero-order valence-corrected chi connectivity index (χ0v) is 13.1. The van der Waals surface area contributed by atoms with Gasteiger partial charge in [-0.05, 0) is 30.9 Å². The van der Waals surface area contributed by atoms with Crippen molar-refractivity contribution in [3.8, 4) is 0 Å². The van der Waals surface area contributed by atoms with E-state index in [2.05, 4.69) is 23.7 Å². The summed E-state index contributed by atoms with van der Waals surface area (Å²) in [5, 5.41) is 5.29. The first kappa shape index (κ1) is 16.4. The van der Waals surface area contributed by atoms with Crippen molar-refractivity contribution in [3.05, 3.63) is 21.9 Å². The molecule has 0 radical (unpaired) electrons. The molecule has 1 N–H and O–H groups in total. The minimum absolute atomic E-state index is 0. The Morgan fingerprint density at radius 3 is 2.95 bits per heavy atom. The van der Waals surface area contributed by atoms with Gasteiger partial charge in [-0.25, -0.2) is 0 Å². The lowest BCUT2D eigenvalue weighted by Crippen LogP contribution is -2.55. The number of halogens is 1. The van der Waals surface area contributed by atoms with Crippen LogP contribution in [-0.4, -0.2) is 43.2 Å². The molecule has 2 rings (SSSR count). The standard InChI is InChI=1S/C13H20N2O2S.ClH/c1-9-4-7-18-11(9)8-15(3)13(16)12-10(2)17-6-5-14-12;/h4,7,10,12,14H,5-6,8H2,1-3H3;1H/t10-,12+;/m1./s1. The maximum absolute atomic E-state index is 12.3. The predicted molar refractivity (Wildman–Crippen MR) is 80.0 cm³/mol. The fraction of sp³-hybridized carbons (Fsp3) is 0.615. The Hall–Kier alpha value is -0.620. The SMILES string of the molecule is Cc1ccsc1CN(C)C(=O)[C@H]1NCCO[C@@H]1C.Cl. The van der Waals surface area contributed by atoms with Crippen molar-refractivity contribution in [1.82, 2.24) is 10.2 Å². The summed E-state index contributed by atoms with van der Waals surface area (Å²) in [5.41, 5.74) is 1.25. The van der Waals surface area contributed by atoms with Gasteiger partial charge in [0.1, 0.15) is 6.04 Å². The van der Waals surface area contributed by atoms with Crippen LogP contribution in [0.5, 0.6) is 0 Å². The minimum Gasteiger partial charge on any atom is -0.375 e. The van der Waals surface area contributed by atoms with E-state index in [1.165, 1.54) is 10.4 Å². The fourth-order valence-corrected chi connectivity index (χ4v) is 3.06. The van der Waals surface area contributed by atoms with Crippen molar-refractivity contribution in [3.63, 3.8) is 0 Å². The van der Waals surface area contributed by atoms with Gasteiger partial charge < -0.3 is 15.0 Å². The number of morpholine rings is 1. The number of likely N-dealkylation sites (N-methyl/N-ethyl adjacent to an activating group) is 1. The van der Waals surface area contributed by atoms with Crippen LogP contribution in [0.1, 0.15) is 17.4 Å².